The van der Waals surface area contributed by atoms with Crippen molar-refractivity contribution in [2.24, 2.45) is 0 Å². The van der Waals surface area contributed by atoms with Gasteiger partial charge in [-0.25, -0.2) is 4.79 Å². The molecule has 152 valence electrons. The highest BCUT2D eigenvalue weighted by Crippen LogP contribution is 2.27. The van der Waals surface area contributed by atoms with Gasteiger partial charge in [0, 0.05) is 22.9 Å². The Hall–Kier alpha value is -3.86. The number of amides is 1. The highest BCUT2D eigenvalue weighted by molar-refractivity contribution is 5.99. The van der Waals surface area contributed by atoms with Gasteiger partial charge in [-0.05, 0) is 30.7 Å². The lowest BCUT2D eigenvalue weighted by atomic mass is 10.0. The monoisotopic (exact) mass is 401 g/mol. The molecule has 3 aromatic carbocycles. The van der Waals surface area contributed by atoms with E-state index in [1.807, 2.05) is 72.8 Å². The summed E-state index contributed by atoms with van der Waals surface area (Å²) in [4.78, 5) is 24.7. The number of anilines is 1. The standard InChI is InChI=1S/C25H23NO4/c1-18(30-24(27)17-16-20-12-6-9-15-23(20)29-2)25(28)26-22-14-8-7-13-21(22)19-10-4-3-5-11-19/h3-18H,1-2H3,(H,26,28)/b17-16+. The maximum absolute atomic E-state index is 12.6. The van der Waals surface area contributed by atoms with Crippen molar-refractivity contribution in [1.29, 1.82) is 0 Å². The molecule has 0 aliphatic rings. The third-order valence-corrected chi connectivity index (χ3v) is 4.47. The molecule has 0 aromatic heterocycles. The molecule has 1 N–H and O–H groups in total. The first-order chi connectivity index (χ1) is 14.6. The predicted octanol–water partition coefficient (Wildman–Crippen LogP) is 4.95. The minimum atomic E-state index is -0.955. The van der Waals surface area contributed by atoms with Crippen molar-refractivity contribution in [3.63, 3.8) is 0 Å². The van der Waals surface area contributed by atoms with Crippen LogP contribution in [0.25, 0.3) is 17.2 Å². The molecule has 0 heterocycles. The van der Waals surface area contributed by atoms with Gasteiger partial charge in [0.25, 0.3) is 5.91 Å². The minimum absolute atomic E-state index is 0.405. The van der Waals surface area contributed by atoms with Gasteiger partial charge in [0.15, 0.2) is 6.10 Å². The number of hydrogen-bond donors (Lipinski definition) is 1. The van der Waals surface area contributed by atoms with E-state index in [0.29, 0.717) is 11.4 Å². The van der Waals surface area contributed by atoms with Crippen molar-refractivity contribution in [3.8, 4) is 16.9 Å². The van der Waals surface area contributed by atoms with Crippen LogP contribution in [0, 0.1) is 0 Å². The zero-order valence-corrected chi connectivity index (χ0v) is 16.9. The summed E-state index contributed by atoms with van der Waals surface area (Å²) < 4.78 is 10.5. The third kappa shape index (κ3) is 5.35. The number of para-hydroxylation sites is 2. The van der Waals surface area contributed by atoms with Crippen molar-refractivity contribution in [2.45, 2.75) is 13.0 Å². The summed E-state index contributed by atoms with van der Waals surface area (Å²) >= 11 is 0. The van der Waals surface area contributed by atoms with Crippen molar-refractivity contribution in [1.82, 2.24) is 0 Å². The van der Waals surface area contributed by atoms with E-state index < -0.39 is 18.0 Å². The lowest BCUT2D eigenvalue weighted by Crippen LogP contribution is -2.29. The summed E-state index contributed by atoms with van der Waals surface area (Å²) in [6, 6.07) is 24.5. The van der Waals surface area contributed by atoms with Crippen LogP contribution in [0.2, 0.25) is 0 Å². The van der Waals surface area contributed by atoms with Gasteiger partial charge < -0.3 is 14.8 Å². The molecule has 0 fully saturated rings. The fourth-order valence-electron chi connectivity index (χ4n) is 2.92. The molecule has 3 rings (SSSR count). The van der Waals surface area contributed by atoms with Gasteiger partial charge in [-0.2, -0.15) is 0 Å². The second-order valence-electron chi connectivity index (χ2n) is 6.56. The summed E-state index contributed by atoms with van der Waals surface area (Å²) in [6.07, 6.45) is 1.92. The molecular formula is C25H23NO4. The fourth-order valence-corrected chi connectivity index (χ4v) is 2.92. The van der Waals surface area contributed by atoms with Crippen molar-refractivity contribution in [2.75, 3.05) is 12.4 Å². The summed E-state index contributed by atoms with van der Waals surface area (Å²) in [5.74, 6) is -0.373. The van der Waals surface area contributed by atoms with E-state index in [0.717, 1.165) is 16.7 Å². The Morgan fingerprint density at radius 2 is 1.57 bits per heavy atom. The lowest BCUT2D eigenvalue weighted by Gasteiger charge is -2.15. The van der Waals surface area contributed by atoms with E-state index in [-0.39, 0.29) is 0 Å². The largest absolute Gasteiger partial charge is 0.496 e. The Morgan fingerprint density at radius 3 is 2.33 bits per heavy atom. The molecule has 0 aliphatic heterocycles. The van der Waals surface area contributed by atoms with Crippen LogP contribution in [0.5, 0.6) is 5.75 Å². The van der Waals surface area contributed by atoms with Gasteiger partial charge in [0.2, 0.25) is 0 Å². The number of hydrogen-bond acceptors (Lipinski definition) is 4. The molecule has 0 radical (unpaired) electrons. The Morgan fingerprint density at radius 1 is 0.900 bits per heavy atom. The van der Waals surface area contributed by atoms with Gasteiger partial charge in [-0.3, -0.25) is 4.79 Å². The maximum atomic E-state index is 12.6. The van der Waals surface area contributed by atoms with E-state index in [1.54, 1.807) is 19.3 Å². The average Bonchev–Trinajstić information content (AvgIpc) is 2.78. The van der Waals surface area contributed by atoms with Crippen LogP contribution in [0.3, 0.4) is 0 Å². The van der Waals surface area contributed by atoms with Crippen LogP contribution < -0.4 is 10.1 Å². The Labute approximate surface area is 176 Å². The van der Waals surface area contributed by atoms with Gasteiger partial charge in [-0.15, -0.1) is 0 Å². The van der Waals surface area contributed by atoms with Gasteiger partial charge >= 0.3 is 5.97 Å². The summed E-state index contributed by atoms with van der Waals surface area (Å²) in [5, 5.41) is 2.85. The first kappa shape index (κ1) is 20.9. The number of carbonyl (C=O) groups is 2. The lowest BCUT2D eigenvalue weighted by molar-refractivity contribution is -0.148. The highest BCUT2D eigenvalue weighted by Gasteiger charge is 2.18. The Balaban J connectivity index is 1.64. The smallest absolute Gasteiger partial charge is 0.331 e. The molecule has 1 unspecified atom stereocenters. The first-order valence-electron chi connectivity index (χ1n) is 9.55. The van der Waals surface area contributed by atoms with Gasteiger partial charge in [0.1, 0.15) is 5.75 Å². The van der Waals surface area contributed by atoms with Crippen LogP contribution in [-0.2, 0) is 14.3 Å². The second-order valence-corrected chi connectivity index (χ2v) is 6.56. The maximum Gasteiger partial charge on any atom is 0.331 e. The second kappa shape index (κ2) is 10.1. The topological polar surface area (TPSA) is 64.6 Å². The normalized spacial score (nSPS) is 11.7. The molecule has 30 heavy (non-hydrogen) atoms. The van der Waals surface area contributed by atoms with Gasteiger partial charge in [0.05, 0.1) is 7.11 Å². The molecule has 1 amide bonds. The molecule has 0 spiro atoms. The number of methoxy groups -OCH3 is 1. The van der Waals surface area contributed by atoms with E-state index in [2.05, 4.69) is 5.32 Å². The zero-order chi connectivity index (χ0) is 21.3. The van der Waals surface area contributed by atoms with Crippen LogP contribution in [-0.4, -0.2) is 25.1 Å². The number of rotatable bonds is 7. The van der Waals surface area contributed by atoms with Crippen LogP contribution in [0.1, 0.15) is 12.5 Å². The summed E-state index contributed by atoms with van der Waals surface area (Å²) in [6.45, 7) is 1.54. The average molecular weight is 401 g/mol. The molecule has 5 nitrogen and oxygen atoms in total. The van der Waals surface area contributed by atoms with Crippen LogP contribution in [0.4, 0.5) is 5.69 Å². The predicted molar refractivity (Wildman–Crippen MR) is 118 cm³/mol. The SMILES string of the molecule is COc1ccccc1/C=C/C(=O)OC(C)C(=O)Nc1ccccc1-c1ccccc1. The Kier molecular flexibility index (Phi) is 7.00. The van der Waals surface area contributed by atoms with Crippen molar-refractivity contribution >= 4 is 23.6 Å². The third-order valence-electron chi connectivity index (χ3n) is 4.47. The van der Waals surface area contributed by atoms with Crippen LogP contribution >= 0.6 is 0 Å². The number of benzene rings is 3. The molecule has 0 bridgehead atoms. The molecule has 0 saturated heterocycles. The molecule has 3 aromatic rings. The van der Waals surface area contributed by atoms with Crippen molar-refractivity contribution in [3.05, 3.63) is 90.5 Å². The van der Waals surface area contributed by atoms with E-state index in [4.69, 9.17) is 9.47 Å². The molecule has 0 aliphatic carbocycles. The van der Waals surface area contributed by atoms with E-state index >= 15 is 0 Å². The first-order valence-corrected chi connectivity index (χ1v) is 9.55. The number of carbonyl (C=O) groups excluding carboxylic acids is 2. The minimum Gasteiger partial charge on any atom is -0.496 e. The van der Waals surface area contributed by atoms with Gasteiger partial charge in [-0.1, -0.05) is 66.7 Å². The number of esters is 1. The summed E-state index contributed by atoms with van der Waals surface area (Å²) in [7, 11) is 1.56. The van der Waals surface area contributed by atoms with E-state index in [9.17, 15) is 9.59 Å². The molecule has 5 heteroatoms. The molecular weight excluding hydrogens is 378 g/mol. The zero-order valence-electron chi connectivity index (χ0n) is 16.9. The quantitative estimate of drug-likeness (QED) is 0.450. The fraction of sp³-hybridized carbons (Fsp3) is 0.120. The molecule has 1 atom stereocenters. The number of nitrogens with one attached hydrogen (secondary N) is 1. The van der Waals surface area contributed by atoms with E-state index in [1.165, 1.54) is 13.0 Å². The summed E-state index contributed by atoms with van der Waals surface area (Å²) in [5.41, 5.74) is 3.27. The van der Waals surface area contributed by atoms with Crippen LogP contribution in [0.15, 0.2) is 84.9 Å². The number of ether oxygens (including phenoxy) is 2. The Bertz CT molecular complexity index is 1040. The van der Waals surface area contributed by atoms with Crippen molar-refractivity contribution < 1.29 is 19.1 Å². The molecule has 0 saturated carbocycles. The highest BCUT2D eigenvalue weighted by atomic mass is 16.5.